The highest BCUT2D eigenvalue weighted by Crippen LogP contribution is 2.20. The van der Waals surface area contributed by atoms with Crippen LogP contribution in [0.3, 0.4) is 0 Å². The first-order valence-corrected chi connectivity index (χ1v) is 7.34. The summed E-state index contributed by atoms with van der Waals surface area (Å²) in [6.07, 6.45) is 1.51. The molecule has 0 fully saturated rings. The molecule has 24 heavy (non-hydrogen) atoms. The molecule has 0 aliphatic heterocycles. The number of nitrogens with one attached hydrogen (secondary N) is 3. The third kappa shape index (κ3) is 2.77. The number of carbonyl (C=O) groups is 3. The van der Waals surface area contributed by atoms with Gasteiger partial charge in [-0.25, -0.2) is 0 Å². The fourth-order valence-electron chi connectivity index (χ4n) is 2.49. The second kappa shape index (κ2) is 6.37. The van der Waals surface area contributed by atoms with Gasteiger partial charge in [0.25, 0.3) is 17.6 Å². The average molecular weight is 321 g/mol. The summed E-state index contributed by atoms with van der Waals surface area (Å²) in [4.78, 5) is 39.6. The normalized spacial score (nSPS) is 10.4. The van der Waals surface area contributed by atoms with Crippen LogP contribution in [0.15, 0.2) is 54.7 Å². The molecule has 0 aliphatic rings. The molecule has 2 amide bonds. The summed E-state index contributed by atoms with van der Waals surface area (Å²) in [7, 11) is 1.50. The number of fused-ring (bicyclic) bond motifs is 1. The maximum atomic E-state index is 12.4. The number of aromatic nitrogens is 1. The van der Waals surface area contributed by atoms with E-state index in [1.54, 1.807) is 36.4 Å². The van der Waals surface area contributed by atoms with Crippen molar-refractivity contribution in [3.8, 4) is 0 Å². The Morgan fingerprint density at radius 3 is 2.42 bits per heavy atom. The van der Waals surface area contributed by atoms with Crippen LogP contribution in [0.5, 0.6) is 0 Å². The third-order valence-corrected chi connectivity index (χ3v) is 3.69. The number of H-pyrrole nitrogens is 1. The maximum absolute atomic E-state index is 12.4. The van der Waals surface area contributed by atoms with Crippen molar-refractivity contribution in [3.63, 3.8) is 0 Å². The molecular formula is C18H15N3O3. The largest absolute Gasteiger partial charge is 0.360 e. The summed E-state index contributed by atoms with van der Waals surface area (Å²) in [6.45, 7) is 0. The van der Waals surface area contributed by atoms with Crippen LogP contribution in [0.4, 0.5) is 5.69 Å². The van der Waals surface area contributed by atoms with Gasteiger partial charge >= 0.3 is 0 Å². The number of hydrogen-bond acceptors (Lipinski definition) is 3. The highest BCUT2D eigenvalue weighted by Gasteiger charge is 2.21. The Morgan fingerprint density at radius 2 is 1.62 bits per heavy atom. The molecule has 2 aromatic carbocycles. The molecule has 3 rings (SSSR count). The van der Waals surface area contributed by atoms with Crippen molar-refractivity contribution in [2.45, 2.75) is 0 Å². The first-order valence-electron chi connectivity index (χ1n) is 7.34. The van der Waals surface area contributed by atoms with Gasteiger partial charge in [0.1, 0.15) is 0 Å². The Bertz CT molecular complexity index is 943. The number of benzene rings is 2. The lowest BCUT2D eigenvalue weighted by atomic mass is 10.1. The van der Waals surface area contributed by atoms with E-state index < -0.39 is 11.7 Å². The van der Waals surface area contributed by atoms with Crippen molar-refractivity contribution in [2.75, 3.05) is 12.4 Å². The maximum Gasteiger partial charge on any atom is 0.296 e. The van der Waals surface area contributed by atoms with Gasteiger partial charge in [-0.05, 0) is 18.2 Å². The van der Waals surface area contributed by atoms with E-state index >= 15 is 0 Å². The molecule has 1 heterocycles. The fourth-order valence-corrected chi connectivity index (χ4v) is 2.49. The quantitative estimate of drug-likeness (QED) is 0.509. The number of amides is 2. The number of hydrogen-bond donors (Lipinski definition) is 3. The summed E-state index contributed by atoms with van der Waals surface area (Å²) in [5.41, 5.74) is 1.65. The van der Waals surface area contributed by atoms with Crippen LogP contribution in [0, 0.1) is 0 Å². The molecule has 0 saturated heterocycles. The number of rotatable bonds is 4. The molecule has 0 unspecified atom stereocenters. The Morgan fingerprint density at radius 1 is 0.917 bits per heavy atom. The molecule has 1 aromatic heterocycles. The van der Waals surface area contributed by atoms with E-state index in [0.29, 0.717) is 16.5 Å². The molecule has 0 saturated carbocycles. The van der Waals surface area contributed by atoms with Gasteiger partial charge in [-0.1, -0.05) is 30.3 Å². The Hall–Kier alpha value is -3.41. The first kappa shape index (κ1) is 15.5. The van der Waals surface area contributed by atoms with Crippen LogP contribution in [-0.4, -0.2) is 29.6 Å². The third-order valence-electron chi connectivity index (χ3n) is 3.69. The van der Waals surface area contributed by atoms with Crippen molar-refractivity contribution in [2.24, 2.45) is 0 Å². The standard InChI is InChI=1S/C18H15N3O3/c1-19-17(23)12-7-3-5-9-15(12)21-18(24)16(22)13-10-20-14-8-4-2-6-11(13)14/h2-10,20H,1H3,(H,19,23)(H,21,24). The fraction of sp³-hybridized carbons (Fsp3) is 0.0556. The summed E-state index contributed by atoms with van der Waals surface area (Å²) in [6, 6.07) is 13.7. The van der Waals surface area contributed by atoms with Crippen molar-refractivity contribution in [1.29, 1.82) is 0 Å². The summed E-state index contributed by atoms with van der Waals surface area (Å²) >= 11 is 0. The van der Waals surface area contributed by atoms with E-state index in [1.165, 1.54) is 13.2 Å². The Kier molecular flexibility index (Phi) is 4.11. The predicted octanol–water partition coefficient (Wildman–Crippen LogP) is 2.35. The van der Waals surface area contributed by atoms with Gasteiger partial charge in [0, 0.05) is 24.1 Å². The number of anilines is 1. The van der Waals surface area contributed by atoms with Gasteiger partial charge in [-0.2, -0.15) is 0 Å². The smallest absolute Gasteiger partial charge is 0.296 e. The summed E-state index contributed by atoms with van der Waals surface area (Å²) < 4.78 is 0. The van der Waals surface area contributed by atoms with Crippen LogP contribution in [0.2, 0.25) is 0 Å². The number of para-hydroxylation sites is 2. The molecular weight excluding hydrogens is 306 g/mol. The lowest BCUT2D eigenvalue weighted by Crippen LogP contribution is -2.25. The second-order valence-corrected chi connectivity index (χ2v) is 5.16. The van der Waals surface area contributed by atoms with Gasteiger partial charge in [0.15, 0.2) is 0 Å². The van der Waals surface area contributed by atoms with E-state index in [4.69, 9.17) is 0 Å². The van der Waals surface area contributed by atoms with Crippen LogP contribution < -0.4 is 10.6 Å². The van der Waals surface area contributed by atoms with E-state index in [0.717, 1.165) is 5.52 Å². The van der Waals surface area contributed by atoms with Crippen molar-refractivity contribution >= 4 is 34.2 Å². The minimum Gasteiger partial charge on any atom is -0.360 e. The van der Waals surface area contributed by atoms with Gasteiger partial charge in [-0.15, -0.1) is 0 Å². The topological polar surface area (TPSA) is 91.1 Å². The highest BCUT2D eigenvalue weighted by molar-refractivity contribution is 6.48. The average Bonchev–Trinajstić information content (AvgIpc) is 3.05. The van der Waals surface area contributed by atoms with E-state index in [9.17, 15) is 14.4 Å². The van der Waals surface area contributed by atoms with E-state index in [1.807, 2.05) is 12.1 Å². The van der Waals surface area contributed by atoms with Crippen molar-refractivity contribution in [1.82, 2.24) is 10.3 Å². The minimum atomic E-state index is -0.795. The number of carbonyl (C=O) groups excluding carboxylic acids is 3. The molecule has 0 aliphatic carbocycles. The van der Waals surface area contributed by atoms with E-state index in [-0.39, 0.29) is 11.6 Å². The molecule has 3 N–H and O–H groups in total. The van der Waals surface area contributed by atoms with Gasteiger partial charge in [0.2, 0.25) is 0 Å². The van der Waals surface area contributed by atoms with E-state index in [2.05, 4.69) is 15.6 Å². The summed E-state index contributed by atoms with van der Waals surface area (Å²) in [5.74, 6) is -1.80. The van der Waals surface area contributed by atoms with Crippen molar-refractivity contribution < 1.29 is 14.4 Å². The Labute approximate surface area is 137 Å². The first-order chi connectivity index (χ1) is 11.6. The SMILES string of the molecule is CNC(=O)c1ccccc1NC(=O)C(=O)c1c[nH]c2ccccc12. The van der Waals surface area contributed by atoms with Crippen LogP contribution in [-0.2, 0) is 4.79 Å². The molecule has 0 spiro atoms. The minimum absolute atomic E-state index is 0.287. The molecule has 0 radical (unpaired) electrons. The lowest BCUT2D eigenvalue weighted by Gasteiger charge is -2.09. The molecule has 120 valence electrons. The van der Waals surface area contributed by atoms with Crippen molar-refractivity contribution in [3.05, 3.63) is 65.9 Å². The predicted molar refractivity (Wildman–Crippen MR) is 91.1 cm³/mol. The Balaban J connectivity index is 1.88. The van der Waals surface area contributed by atoms with Crippen LogP contribution in [0.1, 0.15) is 20.7 Å². The highest BCUT2D eigenvalue weighted by atomic mass is 16.2. The molecule has 3 aromatic rings. The monoisotopic (exact) mass is 321 g/mol. The van der Waals surface area contributed by atoms with Crippen LogP contribution in [0.25, 0.3) is 10.9 Å². The van der Waals surface area contributed by atoms with Crippen LogP contribution >= 0.6 is 0 Å². The molecule has 6 nitrogen and oxygen atoms in total. The zero-order valence-corrected chi connectivity index (χ0v) is 12.9. The molecule has 6 heteroatoms. The molecule has 0 atom stereocenters. The van der Waals surface area contributed by atoms with Gasteiger partial charge in [0.05, 0.1) is 16.8 Å². The summed E-state index contributed by atoms with van der Waals surface area (Å²) in [5, 5.41) is 5.69. The van der Waals surface area contributed by atoms with Gasteiger partial charge in [-0.3, -0.25) is 14.4 Å². The number of aromatic amines is 1. The molecule has 0 bridgehead atoms. The number of Topliss-reactive ketones (excluding diaryl/α,β-unsaturated/α-hetero) is 1. The zero-order valence-electron chi connectivity index (χ0n) is 12.9. The number of ketones is 1. The lowest BCUT2D eigenvalue weighted by molar-refractivity contribution is -0.112. The van der Waals surface area contributed by atoms with Gasteiger partial charge < -0.3 is 15.6 Å². The zero-order chi connectivity index (χ0) is 17.1. The second-order valence-electron chi connectivity index (χ2n) is 5.16.